The molecule has 80 valence electrons. The number of aryl methyl sites for hydroxylation is 1. The standard InChI is InChI=1S/C12H16N2O/c1-3-13-8-10-6-9-7-11(15)4-5-12(9)14(10)2/h4-7,13,15H,3,8H2,1-2H3. The van der Waals surface area contributed by atoms with Gasteiger partial charge < -0.3 is 15.0 Å². The van der Waals surface area contributed by atoms with E-state index in [9.17, 15) is 5.11 Å². The van der Waals surface area contributed by atoms with Crippen LogP contribution < -0.4 is 5.32 Å². The molecule has 3 heteroatoms. The minimum atomic E-state index is 0.322. The molecule has 0 spiro atoms. The van der Waals surface area contributed by atoms with Crippen molar-refractivity contribution in [2.75, 3.05) is 6.54 Å². The monoisotopic (exact) mass is 204 g/mol. The van der Waals surface area contributed by atoms with E-state index in [1.165, 1.54) is 5.69 Å². The van der Waals surface area contributed by atoms with Crippen LogP contribution in [0.15, 0.2) is 24.3 Å². The van der Waals surface area contributed by atoms with Crippen LogP contribution in [0.2, 0.25) is 0 Å². The van der Waals surface area contributed by atoms with E-state index in [1.54, 1.807) is 12.1 Å². The predicted molar refractivity (Wildman–Crippen MR) is 62.0 cm³/mol. The molecule has 0 atom stereocenters. The number of hydrogen-bond donors (Lipinski definition) is 2. The van der Waals surface area contributed by atoms with Gasteiger partial charge in [-0.1, -0.05) is 6.92 Å². The Bertz CT molecular complexity index is 474. The van der Waals surface area contributed by atoms with Crippen molar-refractivity contribution in [3.8, 4) is 5.75 Å². The molecule has 1 aromatic heterocycles. The first-order valence-corrected chi connectivity index (χ1v) is 5.20. The summed E-state index contributed by atoms with van der Waals surface area (Å²) in [7, 11) is 2.05. The van der Waals surface area contributed by atoms with E-state index in [-0.39, 0.29) is 0 Å². The minimum absolute atomic E-state index is 0.322. The fourth-order valence-electron chi connectivity index (χ4n) is 1.82. The maximum atomic E-state index is 9.38. The summed E-state index contributed by atoms with van der Waals surface area (Å²) < 4.78 is 2.15. The quantitative estimate of drug-likeness (QED) is 0.802. The highest BCUT2D eigenvalue weighted by Crippen LogP contribution is 2.22. The minimum Gasteiger partial charge on any atom is -0.508 e. The summed E-state index contributed by atoms with van der Waals surface area (Å²) in [4.78, 5) is 0. The van der Waals surface area contributed by atoms with Crippen LogP contribution in [0, 0.1) is 0 Å². The number of aromatic hydroxyl groups is 1. The molecule has 2 N–H and O–H groups in total. The second-order valence-electron chi connectivity index (χ2n) is 3.72. The molecule has 2 rings (SSSR count). The van der Waals surface area contributed by atoms with E-state index >= 15 is 0 Å². The molecule has 15 heavy (non-hydrogen) atoms. The molecule has 0 amide bonds. The van der Waals surface area contributed by atoms with Crippen LogP contribution in [0.3, 0.4) is 0 Å². The lowest BCUT2D eigenvalue weighted by atomic mass is 10.2. The highest BCUT2D eigenvalue weighted by molar-refractivity contribution is 5.82. The van der Waals surface area contributed by atoms with E-state index in [4.69, 9.17) is 0 Å². The van der Waals surface area contributed by atoms with Crippen molar-refractivity contribution >= 4 is 10.9 Å². The largest absolute Gasteiger partial charge is 0.508 e. The lowest BCUT2D eigenvalue weighted by molar-refractivity contribution is 0.476. The van der Waals surface area contributed by atoms with Crippen LogP contribution in [-0.4, -0.2) is 16.2 Å². The summed E-state index contributed by atoms with van der Waals surface area (Å²) in [5.74, 6) is 0.322. The molecule has 2 aromatic rings. The summed E-state index contributed by atoms with van der Waals surface area (Å²) in [6, 6.07) is 7.57. The molecule has 0 unspecified atom stereocenters. The molecule has 0 aliphatic rings. The Kier molecular flexibility index (Phi) is 2.64. The Morgan fingerprint density at radius 1 is 1.33 bits per heavy atom. The van der Waals surface area contributed by atoms with Crippen molar-refractivity contribution in [2.24, 2.45) is 7.05 Å². The van der Waals surface area contributed by atoms with Gasteiger partial charge in [0.2, 0.25) is 0 Å². The van der Waals surface area contributed by atoms with Gasteiger partial charge >= 0.3 is 0 Å². The second kappa shape index (κ2) is 3.95. The second-order valence-corrected chi connectivity index (χ2v) is 3.72. The van der Waals surface area contributed by atoms with Crippen LogP contribution in [-0.2, 0) is 13.6 Å². The van der Waals surface area contributed by atoms with Gasteiger partial charge in [-0.3, -0.25) is 0 Å². The van der Waals surface area contributed by atoms with Crippen molar-refractivity contribution in [1.82, 2.24) is 9.88 Å². The molecule has 1 heterocycles. The van der Waals surface area contributed by atoms with Gasteiger partial charge in [-0.05, 0) is 30.8 Å². The molecule has 0 fully saturated rings. The van der Waals surface area contributed by atoms with Gasteiger partial charge in [0.05, 0.1) is 0 Å². The van der Waals surface area contributed by atoms with Crippen LogP contribution in [0.5, 0.6) is 5.75 Å². The molecular weight excluding hydrogens is 188 g/mol. The number of rotatable bonds is 3. The summed E-state index contributed by atoms with van der Waals surface area (Å²) in [6.45, 7) is 3.92. The zero-order chi connectivity index (χ0) is 10.8. The van der Waals surface area contributed by atoms with Gasteiger partial charge in [0.15, 0.2) is 0 Å². The van der Waals surface area contributed by atoms with Crippen LogP contribution in [0.4, 0.5) is 0 Å². The zero-order valence-corrected chi connectivity index (χ0v) is 9.12. The Labute approximate surface area is 89.3 Å². The Morgan fingerprint density at radius 2 is 2.13 bits per heavy atom. The van der Waals surface area contributed by atoms with E-state index < -0.39 is 0 Å². The van der Waals surface area contributed by atoms with Crippen LogP contribution >= 0.6 is 0 Å². The molecule has 0 aliphatic carbocycles. The predicted octanol–water partition coefficient (Wildman–Crippen LogP) is 1.99. The number of hydrogen-bond acceptors (Lipinski definition) is 2. The summed E-state index contributed by atoms with van der Waals surface area (Å²) >= 11 is 0. The van der Waals surface area contributed by atoms with E-state index in [0.29, 0.717) is 5.75 Å². The van der Waals surface area contributed by atoms with Gasteiger partial charge in [0.1, 0.15) is 5.75 Å². The number of nitrogens with one attached hydrogen (secondary N) is 1. The van der Waals surface area contributed by atoms with Crippen molar-refractivity contribution in [1.29, 1.82) is 0 Å². The van der Waals surface area contributed by atoms with Gasteiger partial charge in [-0.15, -0.1) is 0 Å². The zero-order valence-electron chi connectivity index (χ0n) is 9.12. The number of benzene rings is 1. The molecule has 0 bridgehead atoms. The third-order valence-electron chi connectivity index (χ3n) is 2.68. The third kappa shape index (κ3) is 1.83. The topological polar surface area (TPSA) is 37.2 Å². The molecule has 0 saturated heterocycles. The lowest BCUT2D eigenvalue weighted by Gasteiger charge is -2.04. The number of nitrogens with zero attached hydrogens (tertiary/aromatic N) is 1. The Hall–Kier alpha value is -1.48. The molecule has 3 nitrogen and oxygen atoms in total. The molecule has 0 saturated carbocycles. The van der Waals surface area contributed by atoms with E-state index in [2.05, 4.69) is 22.9 Å². The van der Waals surface area contributed by atoms with E-state index in [1.807, 2.05) is 13.1 Å². The average Bonchev–Trinajstić information content (AvgIpc) is 2.52. The van der Waals surface area contributed by atoms with Gasteiger partial charge in [0.25, 0.3) is 0 Å². The van der Waals surface area contributed by atoms with Crippen LogP contribution in [0.1, 0.15) is 12.6 Å². The van der Waals surface area contributed by atoms with Gasteiger partial charge in [-0.25, -0.2) is 0 Å². The smallest absolute Gasteiger partial charge is 0.116 e. The Morgan fingerprint density at radius 3 is 2.87 bits per heavy atom. The summed E-state index contributed by atoms with van der Waals surface area (Å²) in [5, 5.41) is 13.8. The first kappa shape index (κ1) is 10.1. The highest BCUT2D eigenvalue weighted by atomic mass is 16.3. The molecule has 1 aromatic carbocycles. The first-order valence-electron chi connectivity index (χ1n) is 5.20. The Balaban J connectivity index is 2.44. The SMILES string of the molecule is CCNCc1cc2cc(O)ccc2n1C. The normalized spacial score (nSPS) is 11.1. The highest BCUT2D eigenvalue weighted by Gasteiger charge is 2.05. The number of fused-ring (bicyclic) bond motifs is 1. The molecule has 0 radical (unpaired) electrons. The maximum Gasteiger partial charge on any atom is 0.116 e. The maximum absolute atomic E-state index is 9.38. The summed E-state index contributed by atoms with van der Waals surface area (Å²) in [6.07, 6.45) is 0. The lowest BCUT2D eigenvalue weighted by Crippen LogP contribution is -2.14. The van der Waals surface area contributed by atoms with Gasteiger partial charge in [-0.2, -0.15) is 0 Å². The number of aromatic nitrogens is 1. The van der Waals surface area contributed by atoms with Crippen molar-refractivity contribution in [3.05, 3.63) is 30.0 Å². The van der Waals surface area contributed by atoms with Crippen molar-refractivity contribution in [2.45, 2.75) is 13.5 Å². The number of phenols is 1. The fourth-order valence-corrected chi connectivity index (χ4v) is 1.82. The first-order chi connectivity index (χ1) is 7.22. The molecular formula is C12H16N2O. The van der Waals surface area contributed by atoms with Gasteiger partial charge in [0, 0.05) is 30.2 Å². The number of phenolic OH excluding ortho intramolecular Hbond substituents is 1. The van der Waals surface area contributed by atoms with Crippen molar-refractivity contribution < 1.29 is 5.11 Å². The average molecular weight is 204 g/mol. The fraction of sp³-hybridized carbons (Fsp3) is 0.333. The summed E-state index contributed by atoms with van der Waals surface area (Å²) in [5.41, 5.74) is 2.39. The van der Waals surface area contributed by atoms with Crippen molar-refractivity contribution in [3.63, 3.8) is 0 Å². The molecule has 0 aliphatic heterocycles. The van der Waals surface area contributed by atoms with E-state index in [0.717, 1.165) is 24.0 Å². The van der Waals surface area contributed by atoms with Crippen LogP contribution in [0.25, 0.3) is 10.9 Å². The third-order valence-corrected chi connectivity index (χ3v) is 2.68.